The van der Waals surface area contributed by atoms with E-state index in [1.807, 2.05) is 36.4 Å². The Morgan fingerprint density at radius 1 is 0.903 bits per heavy atom. The quantitative estimate of drug-likeness (QED) is 0.534. The first-order chi connectivity index (χ1) is 14.6. The summed E-state index contributed by atoms with van der Waals surface area (Å²) in [6.45, 7) is 3.82. The van der Waals surface area contributed by atoms with Crippen LogP contribution < -0.4 is 12.4 Å². The number of esters is 1. The van der Waals surface area contributed by atoms with Gasteiger partial charge >= 0.3 is 5.97 Å². The number of carbonyl (C=O) groups is 1. The zero-order chi connectivity index (χ0) is 20.6. The van der Waals surface area contributed by atoms with Gasteiger partial charge in [0.1, 0.15) is 19.2 Å². The summed E-state index contributed by atoms with van der Waals surface area (Å²) in [5, 5.41) is 11.6. The highest BCUT2D eigenvalue weighted by Crippen LogP contribution is 2.44. The van der Waals surface area contributed by atoms with Gasteiger partial charge in [-0.3, -0.25) is 0 Å². The van der Waals surface area contributed by atoms with E-state index in [0.717, 1.165) is 43.6 Å². The lowest BCUT2D eigenvalue weighted by molar-refractivity contribution is -0.972. The summed E-state index contributed by atoms with van der Waals surface area (Å²) in [7, 11) is 0. The second-order valence-electron chi connectivity index (χ2n) is 8.99. The number of hydrogen-bond donors (Lipinski definition) is 1. The number of nitrogens with zero attached hydrogens (tertiary/aromatic N) is 1. The van der Waals surface area contributed by atoms with Crippen LogP contribution in [0.15, 0.2) is 60.7 Å². The van der Waals surface area contributed by atoms with Crippen LogP contribution in [0.5, 0.6) is 0 Å². The molecule has 2 aromatic rings. The number of rotatable bonds is 4. The minimum absolute atomic E-state index is 0. The number of morpholine rings is 1. The maximum atomic E-state index is 13.4. The minimum Gasteiger partial charge on any atom is -1.00 e. The van der Waals surface area contributed by atoms with E-state index in [2.05, 4.69) is 0 Å². The lowest BCUT2D eigenvalue weighted by atomic mass is 9.86. The molecule has 5 rings (SSSR count). The predicted octanol–water partition coefficient (Wildman–Crippen LogP) is 0.0101. The fraction of sp³-hybridized carbons (Fsp3) is 0.480. The molecular formula is C25H30ClNO4. The number of aliphatic hydroxyl groups is 1. The monoisotopic (exact) mass is 443 g/mol. The molecule has 3 aliphatic rings. The van der Waals surface area contributed by atoms with Gasteiger partial charge in [0, 0.05) is 25.7 Å². The van der Waals surface area contributed by atoms with Crippen molar-refractivity contribution in [3.05, 3.63) is 71.8 Å². The number of hydrogen-bond acceptors (Lipinski definition) is 4. The fourth-order valence-electron chi connectivity index (χ4n) is 6.06. The van der Waals surface area contributed by atoms with Crippen molar-refractivity contribution in [3.8, 4) is 0 Å². The number of ether oxygens (including phenoxy) is 2. The Hall–Kier alpha value is -1.92. The molecule has 1 spiro atoms. The van der Waals surface area contributed by atoms with E-state index in [0.29, 0.717) is 23.2 Å². The van der Waals surface area contributed by atoms with E-state index in [9.17, 15) is 9.90 Å². The molecule has 166 valence electrons. The van der Waals surface area contributed by atoms with Gasteiger partial charge in [-0.25, -0.2) is 4.79 Å². The molecule has 6 heteroatoms. The molecule has 2 bridgehead atoms. The van der Waals surface area contributed by atoms with Crippen LogP contribution in [-0.2, 0) is 19.9 Å². The summed E-state index contributed by atoms with van der Waals surface area (Å²) in [6.07, 6.45) is 4.00. The molecule has 31 heavy (non-hydrogen) atoms. The summed E-state index contributed by atoms with van der Waals surface area (Å²) in [5.74, 6) is -0.570. The number of benzene rings is 2. The van der Waals surface area contributed by atoms with Crippen molar-refractivity contribution in [1.82, 2.24) is 0 Å². The third-order valence-electron chi connectivity index (χ3n) is 7.61. The first-order valence-electron chi connectivity index (χ1n) is 11.1. The molecule has 2 aromatic carbocycles. The molecular weight excluding hydrogens is 414 g/mol. The smallest absolute Gasteiger partial charge is 0.347 e. The van der Waals surface area contributed by atoms with Gasteiger partial charge in [-0.05, 0) is 11.1 Å². The summed E-state index contributed by atoms with van der Waals surface area (Å²) in [5.41, 5.74) is -0.724. The van der Waals surface area contributed by atoms with E-state index in [1.165, 1.54) is 12.8 Å². The molecule has 3 saturated heterocycles. The molecule has 0 radical (unpaired) electrons. The lowest BCUT2D eigenvalue weighted by Crippen LogP contribution is -3.00. The molecule has 0 amide bonds. The van der Waals surface area contributed by atoms with Crippen molar-refractivity contribution in [1.29, 1.82) is 0 Å². The second-order valence-corrected chi connectivity index (χ2v) is 8.99. The van der Waals surface area contributed by atoms with E-state index in [-0.39, 0.29) is 18.5 Å². The molecule has 2 unspecified atom stereocenters. The Labute approximate surface area is 190 Å². The van der Waals surface area contributed by atoms with Crippen LogP contribution in [0.3, 0.4) is 0 Å². The molecule has 1 N–H and O–H groups in total. The molecule has 0 aliphatic carbocycles. The second kappa shape index (κ2) is 8.91. The highest BCUT2D eigenvalue weighted by Gasteiger charge is 2.56. The van der Waals surface area contributed by atoms with Crippen molar-refractivity contribution >= 4 is 5.97 Å². The number of piperidine rings is 1. The van der Waals surface area contributed by atoms with Crippen LogP contribution in [0.4, 0.5) is 0 Å². The molecule has 0 saturated carbocycles. The highest BCUT2D eigenvalue weighted by molar-refractivity contribution is 5.85. The maximum Gasteiger partial charge on any atom is 0.347 e. The maximum absolute atomic E-state index is 13.4. The SMILES string of the molecule is O=C(OC1CC2CCC(C1)[N+]21CCOCC1)C(O)(c1ccccc1)c1ccccc1.[Cl-]. The van der Waals surface area contributed by atoms with Gasteiger partial charge in [0.2, 0.25) is 5.60 Å². The zero-order valence-electron chi connectivity index (χ0n) is 17.7. The summed E-state index contributed by atoms with van der Waals surface area (Å²) in [4.78, 5) is 13.4. The molecule has 0 aromatic heterocycles. The van der Waals surface area contributed by atoms with Gasteiger partial charge in [0.15, 0.2) is 0 Å². The first-order valence-corrected chi connectivity index (χ1v) is 11.1. The van der Waals surface area contributed by atoms with Crippen molar-refractivity contribution in [2.24, 2.45) is 0 Å². The molecule has 3 aliphatic heterocycles. The third-order valence-corrected chi connectivity index (χ3v) is 7.61. The Morgan fingerprint density at radius 3 is 1.87 bits per heavy atom. The van der Waals surface area contributed by atoms with Crippen LogP contribution in [-0.4, -0.2) is 60.0 Å². The van der Waals surface area contributed by atoms with Crippen LogP contribution in [0.1, 0.15) is 36.8 Å². The average molecular weight is 444 g/mol. The van der Waals surface area contributed by atoms with Crippen molar-refractivity contribution in [2.75, 3.05) is 26.3 Å². The van der Waals surface area contributed by atoms with Gasteiger partial charge in [0.05, 0.1) is 25.3 Å². The fourth-order valence-corrected chi connectivity index (χ4v) is 6.06. The Morgan fingerprint density at radius 2 is 1.39 bits per heavy atom. The minimum atomic E-state index is -1.80. The topological polar surface area (TPSA) is 55.8 Å². The highest BCUT2D eigenvalue weighted by atomic mass is 35.5. The van der Waals surface area contributed by atoms with Gasteiger partial charge in [-0.15, -0.1) is 0 Å². The lowest BCUT2D eigenvalue weighted by Gasteiger charge is -2.51. The Bertz CT molecular complexity index is 829. The van der Waals surface area contributed by atoms with E-state index < -0.39 is 11.6 Å². The predicted molar refractivity (Wildman–Crippen MR) is 113 cm³/mol. The third kappa shape index (κ3) is 3.78. The average Bonchev–Trinajstić information content (AvgIpc) is 2.97. The molecule has 2 atom stereocenters. The number of quaternary nitrogens is 1. The van der Waals surface area contributed by atoms with Crippen molar-refractivity contribution < 1.29 is 36.3 Å². The van der Waals surface area contributed by atoms with E-state index in [1.54, 1.807) is 24.3 Å². The van der Waals surface area contributed by atoms with Gasteiger partial charge in [0.25, 0.3) is 0 Å². The summed E-state index contributed by atoms with van der Waals surface area (Å²) in [6, 6.07) is 19.3. The van der Waals surface area contributed by atoms with E-state index in [4.69, 9.17) is 9.47 Å². The Balaban J connectivity index is 0.00000231. The van der Waals surface area contributed by atoms with Crippen molar-refractivity contribution in [2.45, 2.75) is 49.5 Å². The number of halogens is 1. The number of carbonyl (C=O) groups excluding carboxylic acids is 1. The largest absolute Gasteiger partial charge is 1.00 e. The molecule has 3 heterocycles. The van der Waals surface area contributed by atoms with Gasteiger partial charge in [-0.2, -0.15) is 0 Å². The molecule has 3 fully saturated rings. The van der Waals surface area contributed by atoms with Crippen LogP contribution in [0.25, 0.3) is 0 Å². The van der Waals surface area contributed by atoms with Crippen molar-refractivity contribution in [3.63, 3.8) is 0 Å². The summed E-state index contributed by atoms with van der Waals surface area (Å²) < 4.78 is 12.8. The van der Waals surface area contributed by atoms with Gasteiger partial charge in [-0.1, -0.05) is 60.7 Å². The Kier molecular flexibility index (Phi) is 6.40. The first kappa shape index (κ1) is 22.3. The summed E-state index contributed by atoms with van der Waals surface area (Å²) >= 11 is 0. The standard InChI is InChI=1S/C25H30NO4.ClH/c27-24(25(28,19-7-3-1-4-8-19)20-9-5-2-6-10-20)30-23-17-21-11-12-22(18-23)26(21)13-15-29-16-14-26;/h1-10,21-23,28H,11-18H2;1H/q+1;/p-1. The van der Waals surface area contributed by atoms with E-state index >= 15 is 0 Å². The molecule has 5 nitrogen and oxygen atoms in total. The normalized spacial score (nSPS) is 26.8. The zero-order valence-corrected chi connectivity index (χ0v) is 18.4. The van der Waals surface area contributed by atoms with Crippen LogP contribution in [0, 0.1) is 0 Å². The van der Waals surface area contributed by atoms with Crippen LogP contribution in [0.2, 0.25) is 0 Å². The van der Waals surface area contributed by atoms with Crippen LogP contribution >= 0.6 is 0 Å². The van der Waals surface area contributed by atoms with Gasteiger partial charge < -0.3 is 31.5 Å².